The third kappa shape index (κ3) is 3.37. The first kappa shape index (κ1) is 14.1. The molecular weight excluding hydrogens is 248 g/mol. The molecule has 0 spiro atoms. The highest BCUT2D eigenvalue weighted by molar-refractivity contribution is 5.45. The number of methoxy groups -OCH3 is 1. The molecule has 0 aliphatic heterocycles. The molecule has 3 heteroatoms. The second-order valence-corrected chi connectivity index (χ2v) is 4.66. The molecule has 0 saturated heterocycles. The Hall–Kier alpha value is -2.31. The van der Waals surface area contributed by atoms with E-state index < -0.39 is 0 Å². The second kappa shape index (κ2) is 6.74. The first-order valence-corrected chi connectivity index (χ1v) is 6.60. The van der Waals surface area contributed by atoms with Crippen LogP contribution in [0.5, 0.6) is 5.75 Å². The van der Waals surface area contributed by atoms with Crippen molar-refractivity contribution < 1.29 is 4.74 Å². The average molecular weight is 266 g/mol. The molecule has 2 aromatic carbocycles. The molecule has 0 radical (unpaired) electrons. The Morgan fingerprint density at radius 2 is 1.95 bits per heavy atom. The van der Waals surface area contributed by atoms with Gasteiger partial charge in [-0.15, -0.1) is 0 Å². The van der Waals surface area contributed by atoms with E-state index in [4.69, 9.17) is 10.00 Å². The van der Waals surface area contributed by atoms with Gasteiger partial charge in [-0.3, -0.25) is 0 Å². The maximum atomic E-state index is 8.96. The van der Waals surface area contributed by atoms with Crippen molar-refractivity contribution in [2.24, 2.45) is 0 Å². The van der Waals surface area contributed by atoms with Gasteiger partial charge in [0, 0.05) is 12.6 Å². The third-order valence-corrected chi connectivity index (χ3v) is 3.30. The standard InChI is InChI=1S/C17H18N2O/c1-13(15-6-4-3-5-7-15)19-12-14-8-9-16(11-18)17(10-14)20-2/h3-10,13,19H,12H2,1-2H3. The number of nitriles is 1. The summed E-state index contributed by atoms with van der Waals surface area (Å²) >= 11 is 0. The maximum Gasteiger partial charge on any atom is 0.136 e. The molecule has 0 fully saturated rings. The van der Waals surface area contributed by atoms with Crippen LogP contribution in [-0.4, -0.2) is 7.11 Å². The van der Waals surface area contributed by atoms with E-state index >= 15 is 0 Å². The monoisotopic (exact) mass is 266 g/mol. The minimum atomic E-state index is 0.276. The van der Waals surface area contributed by atoms with Crippen molar-refractivity contribution in [3.05, 3.63) is 65.2 Å². The van der Waals surface area contributed by atoms with Crippen molar-refractivity contribution in [3.8, 4) is 11.8 Å². The Kier molecular flexibility index (Phi) is 4.75. The molecule has 1 unspecified atom stereocenters. The molecule has 0 aliphatic carbocycles. The second-order valence-electron chi connectivity index (χ2n) is 4.66. The number of rotatable bonds is 5. The van der Waals surface area contributed by atoms with Gasteiger partial charge >= 0.3 is 0 Å². The smallest absolute Gasteiger partial charge is 0.136 e. The first-order chi connectivity index (χ1) is 9.74. The summed E-state index contributed by atoms with van der Waals surface area (Å²) in [6, 6.07) is 18.4. The van der Waals surface area contributed by atoms with Crippen molar-refractivity contribution in [1.82, 2.24) is 5.32 Å². The summed E-state index contributed by atoms with van der Waals surface area (Å²) in [7, 11) is 1.58. The zero-order valence-electron chi connectivity index (χ0n) is 11.8. The Balaban J connectivity index is 2.03. The van der Waals surface area contributed by atoms with E-state index in [1.54, 1.807) is 13.2 Å². The number of benzene rings is 2. The summed E-state index contributed by atoms with van der Waals surface area (Å²) in [6.07, 6.45) is 0. The van der Waals surface area contributed by atoms with Crippen LogP contribution in [0.2, 0.25) is 0 Å². The molecule has 3 nitrogen and oxygen atoms in total. The molecule has 0 aromatic heterocycles. The van der Waals surface area contributed by atoms with Crippen LogP contribution < -0.4 is 10.1 Å². The highest BCUT2D eigenvalue weighted by atomic mass is 16.5. The van der Waals surface area contributed by atoms with E-state index in [-0.39, 0.29) is 6.04 Å². The highest BCUT2D eigenvalue weighted by Crippen LogP contribution is 2.20. The molecule has 20 heavy (non-hydrogen) atoms. The molecule has 2 rings (SSSR count). The van der Waals surface area contributed by atoms with Crippen LogP contribution in [0.15, 0.2) is 48.5 Å². The Morgan fingerprint density at radius 3 is 2.60 bits per heavy atom. The van der Waals surface area contributed by atoms with Crippen LogP contribution in [0.1, 0.15) is 29.7 Å². The molecule has 0 saturated carbocycles. The lowest BCUT2D eigenvalue weighted by Gasteiger charge is -2.14. The summed E-state index contributed by atoms with van der Waals surface area (Å²) in [5.41, 5.74) is 2.92. The van der Waals surface area contributed by atoms with Crippen LogP contribution in [-0.2, 0) is 6.54 Å². The van der Waals surface area contributed by atoms with Crippen LogP contribution in [0.3, 0.4) is 0 Å². The lowest BCUT2D eigenvalue weighted by molar-refractivity contribution is 0.412. The minimum Gasteiger partial charge on any atom is -0.495 e. The number of nitrogens with one attached hydrogen (secondary N) is 1. The van der Waals surface area contributed by atoms with Gasteiger partial charge in [0.25, 0.3) is 0 Å². The van der Waals surface area contributed by atoms with Crippen molar-refractivity contribution in [1.29, 1.82) is 5.26 Å². The van der Waals surface area contributed by atoms with Crippen molar-refractivity contribution in [3.63, 3.8) is 0 Å². The van der Waals surface area contributed by atoms with Gasteiger partial charge in [-0.2, -0.15) is 5.26 Å². The Labute approximate surface area is 119 Å². The van der Waals surface area contributed by atoms with Crippen molar-refractivity contribution >= 4 is 0 Å². The normalized spacial score (nSPS) is 11.7. The van der Waals surface area contributed by atoms with Crippen LogP contribution in [0.25, 0.3) is 0 Å². The topological polar surface area (TPSA) is 45.0 Å². The zero-order valence-corrected chi connectivity index (χ0v) is 11.8. The van der Waals surface area contributed by atoms with Gasteiger partial charge in [-0.05, 0) is 30.2 Å². The first-order valence-electron chi connectivity index (χ1n) is 6.60. The number of ether oxygens (including phenoxy) is 1. The average Bonchev–Trinajstić information content (AvgIpc) is 2.53. The summed E-state index contributed by atoms with van der Waals surface area (Å²) in [6.45, 7) is 2.87. The van der Waals surface area contributed by atoms with Crippen molar-refractivity contribution in [2.75, 3.05) is 7.11 Å². The van der Waals surface area contributed by atoms with Gasteiger partial charge < -0.3 is 10.1 Å². The maximum absolute atomic E-state index is 8.96. The van der Waals surface area contributed by atoms with Gasteiger partial charge in [-0.25, -0.2) is 0 Å². The molecule has 1 N–H and O–H groups in total. The van der Waals surface area contributed by atoms with Crippen molar-refractivity contribution in [2.45, 2.75) is 19.5 Å². The van der Waals surface area contributed by atoms with Crippen LogP contribution in [0, 0.1) is 11.3 Å². The quantitative estimate of drug-likeness (QED) is 0.902. The van der Waals surface area contributed by atoms with E-state index in [2.05, 4.69) is 30.4 Å². The largest absolute Gasteiger partial charge is 0.495 e. The predicted octanol–water partition coefficient (Wildman–Crippen LogP) is 3.42. The van der Waals surface area contributed by atoms with Crippen LogP contribution >= 0.6 is 0 Å². The van der Waals surface area contributed by atoms with Gasteiger partial charge in [0.1, 0.15) is 11.8 Å². The fourth-order valence-electron chi connectivity index (χ4n) is 2.07. The summed E-state index contributed by atoms with van der Waals surface area (Å²) in [5.74, 6) is 0.624. The molecule has 0 amide bonds. The van der Waals surface area contributed by atoms with E-state index in [1.165, 1.54) is 5.56 Å². The number of hydrogen-bond donors (Lipinski definition) is 1. The van der Waals surface area contributed by atoms with Gasteiger partial charge in [0.15, 0.2) is 0 Å². The lowest BCUT2D eigenvalue weighted by atomic mass is 10.1. The number of hydrogen-bond acceptors (Lipinski definition) is 3. The lowest BCUT2D eigenvalue weighted by Crippen LogP contribution is -2.18. The third-order valence-electron chi connectivity index (χ3n) is 3.30. The molecular formula is C17H18N2O. The molecule has 2 aromatic rings. The minimum absolute atomic E-state index is 0.276. The number of nitrogens with zero attached hydrogens (tertiary/aromatic N) is 1. The molecule has 0 aliphatic rings. The van der Waals surface area contributed by atoms with E-state index in [1.807, 2.05) is 30.3 Å². The summed E-state index contributed by atoms with van der Waals surface area (Å²) < 4.78 is 5.22. The van der Waals surface area contributed by atoms with E-state index in [0.29, 0.717) is 11.3 Å². The molecule has 1 atom stereocenters. The highest BCUT2D eigenvalue weighted by Gasteiger charge is 2.06. The summed E-state index contributed by atoms with van der Waals surface area (Å²) in [5, 5.41) is 12.4. The fourth-order valence-corrected chi connectivity index (χ4v) is 2.07. The summed E-state index contributed by atoms with van der Waals surface area (Å²) in [4.78, 5) is 0. The predicted molar refractivity (Wildman–Crippen MR) is 79.4 cm³/mol. The fraction of sp³-hybridized carbons (Fsp3) is 0.235. The van der Waals surface area contributed by atoms with E-state index in [9.17, 15) is 0 Å². The Bertz CT molecular complexity index is 602. The van der Waals surface area contributed by atoms with Gasteiger partial charge in [-0.1, -0.05) is 36.4 Å². The SMILES string of the molecule is COc1cc(CNC(C)c2ccccc2)ccc1C#N. The molecule has 0 bridgehead atoms. The van der Waals surface area contributed by atoms with E-state index in [0.717, 1.165) is 12.1 Å². The molecule has 0 heterocycles. The Morgan fingerprint density at radius 1 is 1.20 bits per heavy atom. The van der Waals surface area contributed by atoms with Gasteiger partial charge in [0.2, 0.25) is 0 Å². The molecule has 102 valence electrons. The van der Waals surface area contributed by atoms with Gasteiger partial charge in [0.05, 0.1) is 12.7 Å². The zero-order chi connectivity index (χ0) is 14.4. The van der Waals surface area contributed by atoms with Crippen LogP contribution in [0.4, 0.5) is 0 Å².